The summed E-state index contributed by atoms with van der Waals surface area (Å²) in [6, 6.07) is 0. The van der Waals surface area contributed by atoms with Gasteiger partial charge in [-0.1, -0.05) is 138 Å². The van der Waals surface area contributed by atoms with Gasteiger partial charge in [-0.3, -0.25) is 0 Å². The minimum atomic E-state index is -0.346. The van der Waals surface area contributed by atoms with Crippen LogP contribution in [-0.4, -0.2) is 18.3 Å². The molecule has 169 valence electrons. The van der Waals surface area contributed by atoms with Gasteiger partial charge >= 0.3 is 41.7 Å². The fourth-order valence-corrected chi connectivity index (χ4v) is 2.58. The van der Waals surface area contributed by atoms with Crippen LogP contribution in [0.1, 0.15) is 138 Å². The van der Waals surface area contributed by atoms with Gasteiger partial charge in [0.05, 0.1) is 0 Å². The summed E-state index contributed by atoms with van der Waals surface area (Å²) in [6.07, 6.45) is 16.3. The van der Waals surface area contributed by atoms with E-state index < -0.39 is 0 Å². The quantitative estimate of drug-likeness (QED) is 0.278. The second-order valence-electron chi connectivity index (χ2n) is 7.98. The molecular weight excluding hydrogens is 476 g/mol. The maximum atomic E-state index is 10.5. The molecule has 0 aliphatic heterocycles. The summed E-state index contributed by atoms with van der Waals surface area (Å²) in [7, 11) is 0. The topological polar surface area (TPSA) is 69.2 Å². The van der Waals surface area contributed by atoms with Crippen molar-refractivity contribution >= 4 is 0 Å². The molecule has 0 amide bonds. The molecule has 1 radical (unpaired) electrons. The van der Waals surface area contributed by atoms with Crippen LogP contribution in [0.4, 0.5) is 0 Å². The molecule has 0 heterocycles. The third kappa shape index (κ3) is 50.7. The van der Waals surface area contributed by atoms with Crippen LogP contribution in [-0.2, 0) is 0 Å². The Balaban J connectivity index is -0.000000152. The van der Waals surface area contributed by atoms with Crippen LogP contribution in [0, 0.1) is 41.7 Å². The molecule has 0 spiro atoms. The molecule has 0 rings (SSSR count). The summed E-state index contributed by atoms with van der Waals surface area (Å²) in [5.74, 6) is 0. The van der Waals surface area contributed by atoms with E-state index in [1.54, 1.807) is 20.8 Å². The van der Waals surface area contributed by atoms with Crippen molar-refractivity contribution in [1.29, 1.82) is 0 Å². The zero-order valence-electron chi connectivity index (χ0n) is 20.1. The Morgan fingerprint density at radius 3 is 0.786 bits per heavy atom. The van der Waals surface area contributed by atoms with Gasteiger partial charge in [0.15, 0.2) is 0 Å². The van der Waals surface area contributed by atoms with E-state index in [0.29, 0.717) is 0 Å². The zero-order valence-corrected chi connectivity index (χ0v) is 23.2. The van der Waals surface area contributed by atoms with E-state index in [0.717, 1.165) is 38.5 Å². The third-order valence-electron chi connectivity index (χ3n) is 4.39. The first kappa shape index (κ1) is 36.6. The standard InChI is InChI=1S/3C8H17O.Ce/c3*1-3-4-5-6-7-8(2)9;/h3*8H,3-7H2,1-2H3;/q3*-1;+3. The summed E-state index contributed by atoms with van der Waals surface area (Å²) in [4.78, 5) is 0. The van der Waals surface area contributed by atoms with Crippen molar-refractivity contribution < 1.29 is 57.1 Å². The number of rotatable bonds is 15. The van der Waals surface area contributed by atoms with Crippen LogP contribution in [0.15, 0.2) is 0 Å². The van der Waals surface area contributed by atoms with Crippen molar-refractivity contribution in [3.05, 3.63) is 0 Å². The Labute approximate surface area is 211 Å². The van der Waals surface area contributed by atoms with Gasteiger partial charge in [0, 0.05) is 0 Å². The van der Waals surface area contributed by atoms with E-state index in [-0.39, 0.29) is 60.1 Å². The van der Waals surface area contributed by atoms with Crippen molar-refractivity contribution in [2.45, 2.75) is 156 Å². The predicted molar refractivity (Wildman–Crippen MR) is 115 cm³/mol. The first-order valence-electron chi connectivity index (χ1n) is 11.8. The second-order valence-corrected chi connectivity index (χ2v) is 7.98. The van der Waals surface area contributed by atoms with Gasteiger partial charge in [-0.25, -0.2) is 0 Å². The van der Waals surface area contributed by atoms with E-state index in [1.807, 2.05) is 0 Å². The van der Waals surface area contributed by atoms with Gasteiger partial charge in [-0.2, -0.15) is 0 Å². The molecule has 0 fully saturated rings. The van der Waals surface area contributed by atoms with Crippen LogP contribution < -0.4 is 15.3 Å². The smallest absolute Gasteiger partial charge is 0.852 e. The van der Waals surface area contributed by atoms with E-state index in [1.165, 1.54) is 57.8 Å². The molecular formula is C24H51CeO3. The van der Waals surface area contributed by atoms with Crippen molar-refractivity contribution in [1.82, 2.24) is 0 Å². The average Bonchev–Trinajstić information content (AvgIpc) is 2.60. The van der Waals surface area contributed by atoms with Gasteiger partial charge in [-0.15, -0.1) is 18.3 Å². The first-order valence-corrected chi connectivity index (χ1v) is 11.8. The van der Waals surface area contributed by atoms with Crippen molar-refractivity contribution in [3.63, 3.8) is 0 Å². The molecule has 3 unspecified atom stereocenters. The Morgan fingerprint density at radius 1 is 0.429 bits per heavy atom. The fraction of sp³-hybridized carbons (Fsp3) is 1.00. The molecule has 0 saturated heterocycles. The number of hydrogen-bond acceptors (Lipinski definition) is 3. The van der Waals surface area contributed by atoms with E-state index >= 15 is 0 Å². The molecule has 0 aromatic heterocycles. The number of unbranched alkanes of at least 4 members (excludes halogenated alkanes) is 9. The SMILES string of the molecule is CCCCCCC(C)[O-].CCCCCCC(C)[O-].CCCCCCC(C)[O-].[Ce+3]. The van der Waals surface area contributed by atoms with Gasteiger partial charge in [-0.05, 0) is 0 Å². The molecule has 0 aliphatic rings. The van der Waals surface area contributed by atoms with Crippen LogP contribution >= 0.6 is 0 Å². The van der Waals surface area contributed by atoms with Crippen LogP contribution in [0.3, 0.4) is 0 Å². The van der Waals surface area contributed by atoms with Crippen molar-refractivity contribution in [2.75, 3.05) is 0 Å². The zero-order chi connectivity index (χ0) is 21.3. The van der Waals surface area contributed by atoms with E-state index in [2.05, 4.69) is 20.8 Å². The van der Waals surface area contributed by atoms with E-state index in [4.69, 9.17) is 0 Å². The molecule has 4 heteroatoms. The molecule has 0 N–H and O–H groups in total. The molecule has 0 aliphatic carbocycles. The van der Waals surface area contributed by atoms with Gasteiger partial charge in [0.1, 0.15) is 0 Å². The van der Waals surface area contributed by atoms with Crippen LogP contribution in [0.25, 0.3) is 0 Å². The summed E-state index contributed by atoms with van der Waals surface area (Å²) >= 11 is 0. The Hall–Kier alpha value is 1.26. The summed E-state index contributed by atoms with van der Waals surface area (Å²) in [6.45, 7) is 11.8. The molecule has 28 heavy (non-hydrogen) atoms. The maximum Gasteiger partial charge on any atom is 3.00 e. The molecule has 3 nitrogen and oxygen atoms in total. The predicted octanol–water partition coefficient (Wildman–Crippen LogP) is 5.12. The third-order valence-corrected chi connectivity index (χ3v) is 4.39. The van der Waals surface area contributed by atoms with Crippen LogP contribution in [0.5, 0.6) is 0 Å². The van der Waals surface area contributed by atoms with Crippen molar-refractivity contribution in [2.24, 2.45) is 0 Å². The summed E-state index contributed by atoms with van der Waals surface area (Å²) in [5.41, 5.74) is 0. The molecule has 0 aromatic carbocycles. The Kier molecular flexibility index (Phi) is 43.0. The van der Waals surface area contributed by atoms with Gasteiger partial charge in [0.2, 0.25) is 0 Å². The molecule has 0 aromatic rings. The maximum absolute atomic E-state index is 10.5. The molecule has 3 atom stereocenters. The van der Waals surface area contributed by atoms with Gasteiger partial charge in [0.25, 0.3) is 0 Å². The van der Waals surface area contributed by atoms with Gasteiger partial charge < -0.3 is 15.3 Å². The summed E-state index contributed by atoms with van der Waals surface area (Å²) in [5, 5.41) is 31.5. The Morgan fingerprint density at radius 2 is 0.643 bits per heavy atom. The molecule has 0 saturated carbocycles. The minimum Gasteiger partial charge on any atom is -0.852 e. The average molecular weight is 528 g/mol. The second kappa shape index (κ2) is 32.9. The monoisotopic (exact) mass is 527 g/mol. The Bertz CT molecular complexity index is 196. The fourth-order valence-electron chi connectivity index (χ4n) is 2.58. The normalized spacial score (nSPS) is 13.2. The largest absolute Gasteiger partial charge is 3.00 e. The van der Waals surface area contributed by atoms with Crippen molar-refractivity contribution in [3.8, 4) is 0 Å². The van der Waals surface area contributed by atoms with E-state index in [9.17, 15) is 15.3 Å². The minimum absolute atomic E-state index is 0. The summed E-state index contributed by atoms with van der Waals surface area (Å²) < 4.78 is 0. The first-order chi connectivity index (χ1) is 12.8. The molecule has 0 bridgehead atoms. The van der Waals surface area contributed by atoms with Crippen LogP contribution in [0.2, 0.25) is 0 Å². The number of hydrogen-bond donors (Lipinski definition) is 0.